The molecule has 31 heavy (non-hydrogen) atoms. The van der Waals surface area contributed by atoms with E-state index in [1.807, 2.05) is 29.2 Å². The number of carbonyl (C=O) groups excluding carboxylic acids is 3. The molecule has 1 aromatic rings. The Morgan fingerprint density at radius 3 is 2.61 bits per heavy atom. The summed E-state index contributed by atoms with van der Waals surface area (Å²) in [6.07, 6.45) is 4.16. The van der Waals surface area contributed by atoms with Crippen LogP contribution in [-0.4, -0.2) is 55.5 Å². The van der Waals surface area contributed by atoms with Crippen molar-refractivity contribution >= 4 is 17.8 Å². The van der Waals surface area contributed by atoms with E-state index in [9.17, 15) is 14.4 Å². The van der Waals surface area contributed by atoms with Crippen LogP contribution in [0.4, 0.5) is 0 Å². The molecule has 0 radical (unpaired) electrons. The minimum absolute atomic E-state index is 0.0249. The number of nitrogens with zero attached hydrogens (tertiary/aromatic N) is 1. The van der Waals surface area contributed by atoms with Crippen molar-refractivity contribution in [3.63, 3.8) is 0 Å². The number of likely N-dealkylation sites (tertiary alicyclic amines) is 1. The number of benzene rings is 1. The smallest absolute Gasteiger partial charge is 0.311 e. The molecule has 7 nitrogen and oxygen atoms in total. The number of nitrogens with one attached hydrogen (secondary N) is 1. The fraction of sp³-hybridized carbons (Fsp3) is 0.625. The van der Waals surface area contributed by atoms with Crippen LogP contribution in [0.1, 0.15) is 45.1 Å². The highest BCUT2D eigenvalue weighted by Crippen LogP contribution is 2.35. The summed E-state index contributed by atoms with van der Waals surface area (Å²) in [6.45, 7) is 4.97. The Morgan fingerprint density at radius 2 is 1.90 bits per heavy atom. The minimum Gasteiger partial charge on any atom is -0.497 e. The quantitative estimate of drug-likeness (QED) is 0.641. The summed E-state index contributed by atoms with van der Waals surface area (Å²) in [7, 11) is 1.62. The summed E-state index contributed by atoms with van der Waals surface area (Å²) in [5.41, 5.74) is 1.08. The Hall–Kier alpha value is -2.57. The molecule has 0 aromatic heterocycles. The van der Waals surface area contributed by atoms with Gasteiger partial charge in [-0.3, -0.25) is 14.4 Å². The summed E-state index contributed by atoms with van der Waals surface area (Å²) >= 11 is 0. The zero-order valence-electron chi connectivity index (χ0n) is 18.8. The average molecular weight is 431 g/mol. The number of carbonyl (C=O) groups is 3. The van der Waals surface area contributed by atoms with E-state index in [0.717, 1.165) is 24.2 Å². The highest BCUT2D eigenvalue weighted by molar-refractivity contribution is 5.88. The lowest BCUT2D eigenvalue weighted by atomic mass is 9.77. The van der Waals surface area contributed by atoms with Gasteiger partial charge in [-0.25, -0.2) is 0 Å². The predicted molar refractivity (Wildman–Crippen MR) is 116 cm³/mol. The third-order valence-corrected chi connectivity index (χ3v) is 6.80. The van der Waals surface area contributed by atoms with Gasteiger partial charge in [-0.2, -0.15) is 0 Å². The SMILES string of the molecule is COc1ccc(CCNC(=O)COC(=O)[C@@H]2CC(=O)N([C@H]3CCC[C@@H](C)[C@H]3C)C2)cc1. The molecule has 4 atom stereocenters. The van der Waals surface area contributed by atoms with Crippen molar-refractivity contribution in [1.82, 2.24) is 10.2 Å². The molecule has 0 spiro atoms. The maximum Gasteiger partial charge on any atom is 0.311 e. The highest BCUT2D eigenvalue weighted by atomic mass is 16.5. The van der Waals surface area contributed by atoms with Crippen LogP contribution in [0.5, 0.6) is 5.75 Å². The standard InChI is InChI=1S/C24H34N2O5/c1-16-5-4-6-21(17(16)2)26-14-19(13-23(26)28)24(29)31-15-22(27)25-12-11-18-7-9-20(30-3)10-8-18/h7-10,16-17,19,21H,4-6,11-15H2,1-3H3,(H,25,27)/t16-,17-,19-,21+/m1/s1. The molecule has 2 aliphatic rings. The van der Waals surface area contributed by atoms with Gasteiger partial charge < -0.3 is 19.7 Å². The number of amides is 2. The second-order valence-electron chi connectivity index (χ2n) is 8.84. The monoisotopic (exact) mass is 430 g/mol. The van der Waals surface area contributed by atoms with E-state index < -0.39 is 11.9 Å². The van der Waals surface area contributed by atoms with Gasteiger partial charge in [0.15, 0.2) is 6.61 Å². The molecule has 3 rings (SSSR count). The van der Waals surface area contributed by atoms with Gasteiger partial charge in [-0.1, -0.05) is 38.8 Å². The predicted octanol–water partition coefficient (Wildman–Crippen LogP) is 2.57. The summed E-state index contributed by atoms with van der Waals surface area (Å²) in [6, 6.07) is 7.85. The van der Waals surface area contributed by atoms with Crippen molar-refractivity contribution in [3.8, 4) is 5.75 Å². The number of rotatable bonds is 8. The maximum absolute atomic E-state index is 12.5. The lowest BCUT2D eigenvalue weighted by Gasteiger charge is -2.39. The van der Waals surface area contributed by atoms with Gasteiger partial charge in [-0.05, 0) is 42.4 Å². The topological polar surface area (TPSA) is 84.9 Å². The second-order valence-corrected chi connectivity index (χ2v) is 8.84. The molecule has 1 aromatic carbocycles. The third kappa shape index (κ3) is 5.99. The van der Waals surface area contributed by atoms with Gasteiger partial charge in [-0.15, -0.1) is 0 Å². The summed E-state index contributed by atoms with van der Waals surface area (Å²) in [5.74, 6) is 0.551. The van der Waals surface area contributed by atoms with Crippen molar-refractivity contribution in [1.29, 1.82) is 0 Å². The van der Waals surface area contributed by atoms with E-state index in [-0.39, 0.29) is 30.9 Å². The van der Waals surface area contributed by atoms with Crippen molar-refractivity contribution in [3.05, 3.63) is 29.8 Å². The number of esters is 1. The van der Waals surface area contributed by atoms with E-state index in [2.05, 4.69) is 19.2 Å². The van der Waals surface area contributed by atoms with Gasteiger partial charge >= 0.3 is 5.97 Å². The van der Waals surface area contributed by atoms with Crippen molar-refractivity contribution in [2.45, 2.75) is 52.0 Å². The first-order valence-corrected chi connectivity index (χ1v) is 11.2. The molecule has 7 heteroatoms. The first kappa shape index (κ1) is 23.1. The Kier molecular flexibility index (Phi) is 7.93. The molecule has 0 unspecified atom stereocenters. The molecule has 1 saturated heterocycles. The van der Waals surface area contributed by atoms with E-state index in [0.29, 0.717) is 31.3 Å². The number of methoxy groups -OCH3 is 1. The van der Waals surface area contributed by atoms with Crippen LogP contribution in [0.3, 0.4) is 0 Å². The first-order valence-electron chi connectivity index (χ1n) is 11.2. The van der Waals surface area contributed by atoms with Gasteiger partial charge in [0, 0.05) is 25.6 Å². The van der Waals surface area contributed by atoms with Crippen LogP contribution in [0.2, 0.25) is 0 Å². The molecule has 1 aliphatic carbocycles. The van der Waals surface area contributed by atoms with Crippen LogP contribution < -0.4 is 10.1 Å². The van der Waals surface area contributed by atoms with Gasteiger partial charge in [0.1, 0.15) is 5.75 Å². The molecule has 1 saturated carbocycles. The Bertz CT molecular complexity index is 779. The lowest BCUT2D eigenvalue weighted by molar-refractivity contribution is -0.152. The Labute approximate surface area is 184 Å². The minimum atomic E-state index is -0.482. The van der Waals surface area contributed by atoms with Gasteiger partial charge in [0.2, 0.25) is 5.91 Å². The largest absolute Gasteiger partial charge is 0.497 e. The number of hydrogen-bond acceptors (Lipinski definition) is 5. The lowest BCUT2D eigenvalue weighted by Crippen LogP contribution is -2.45. The molecule has 170 valence electrons. The normalized spacial score (nSPS) is 25.9. The van der Waals surface area contributed by atoms with Crippen molar-refractivity contribution < 1.29 is 23.9 Å². The molecular weight excluding hydrogens is 396 g/mol. The van der Waals surface area contributed by atoms with Crippen molar-refractivity contribution in [2.75, 3.05) is 26.8 Å². The molecule has 1 N–H and O–H groups in total. The van der Waals surface area contributed by atoms with Crippen molar-refractivity contribution in [2.24, 2.45) is 17.8 Å². The van der Waals surface area contributed by atoms with E-state index in [1.54, 1.807) is 7.11 Å². The first-order chi connectivity index (χ1) is 14.9. The zero-order valence-corrected chi connectivity index (χ0v) is 18.8. The Balaban J connectivity index is 1.39. The molecule has 0 bridgehead atoms. The zero-order chi connectivity index (χ0) is 22.4. The summed E-state index contributed by atoms with van der Waals surface area (Å²) in [4.78, 5) is 38.9. The number of hydrogen-bond donors (Lipinski definition) is 1. The molecule has 1 heterocycles. The average Bonchev–Trinajstić information content (AvgIpc) is 3.16. The summed E-state index contributed by atoms with van der Waals surface area (Å²) < 4.78 is 10.3. The summed E-state index contributed by atoms with van der Waals surface area (Å²) in [5, 5.41) is 2.76. The van der Waals surface area contributed by atoms with Crippen LogP contribution >= 0.6 is 0 Å². The highest BCUT2D eigenvalue weighted by Gasteiger charge is 2.42. The van der Waals surface area contributed by atoms with Gasteiger partial charge in [0.05, 0.1) is 13.0 Å². The van der Waals surface area contributed by atoms with Crippen LogP contribution in [0, 0.1) is 17.8 Å². The second kappa shape index (κ2) is 10.6. The third-order valence-electron chi connectivity index (χ3n) is 6.80. The molecular formula is C24H34N2O5. The molecule has 2 fully saturated rings. The Morgan fingerprint density at radius 1 is 1.16 bits per heavy atom. The fourth-order valence-corrected chi connectivity index (χ4v) is 4.65. The van der Waals surface area contributed by atoms with E-state index in [1.165, 1.54) is 6.42 Å². The van der Waals surface area contributed by atoms with Crippen LogP contribution in [-0.2, 0) is 25.5 Å². The maximum atomic E-state index is 12.5. The van der Waals surface area contributed by atoms with Crippen LogP contribution in [0.25, 0.3) is 0 Å². The van der Waals surface area contributed by atoms with E-state index in [4.69, 9.17) is 9.47 Å². The molecule has 2 amide bonds. The fourth-order valence-electron chi connectivity index (χ4n) is 4.65. The van der Waals surface area contributed by atoms with E-state index >= 15 is 0 Å². The van der Waals surface area contributed by atoms with Crippen LogP contribution in [0.15, 0.2) is 24.3 Å². The number of ether oxygens (including phenoxy) is 2. The molecule has 1 aliphatic heterocycles. The van der Waals surface area contributed by atoms with Gasteiger partial charge in [0.25, 0.3) is 5.91 Å².